The predicted octanol–water partition coefficient (Wildman–Crippen LogP) is 1.39. The molecule has 0 aliphatic carbocycles. The first-order chi connectivity index (χ1) is 8.17. The molecule has 4 nitrogen and oxygen atoms in total. The fraction of sp³-hybridized carbons (Fsp3) is 0.923. The van der Waals surface area contributed by atoms with Crippen LogP contribution in [0.1, 0.15) is 39.5 Å². The van der Waals surface area contributed by atoms with Crippen molar-refractivity contribution in [1.82, 2.24) is 4.90 Å². The monoisotopic (exact) mass is 242 g/mol. The second-order valence-corrected chi connectivity index (χ2v) is 4.95. The highest BCUT2D eigenvalue weighted by Gasteiger charge is 2.19. The molecule has 0 radical (unpaired) electrons. The lowest BCUT2D eigenvalue weighted by atomic mass is 10.1. The van der Waals surface area contributed by atoms with E-state index in [1.807, 2.05) is 11.8 Å². The smallest absolute Gasteiger partial charge is 0.222 e. The van der Waals surface area contributed by atoms with E-state index < -0.39 is 0 Å². The molecule has 0 aromatic carbocycles. The number of amides is 1. The summed E-state index contributed by atoms with van der Waals surface area (Å²) in [6, 6.07) is 0. The topological polar surface area (TPSA) is 55.6 Å². The van der Waals surface area contributed by atoms with Gasteiger partial charge in [0.2, 0.25) is 5.91 Å². The first kappa shape index (κ1) is 14.5. The van der Waals surface area contributed by atoms with Crippen molar-refractivity contribution in [2.24, 2.45) is 11.7 Å². The van der Waals surface area contributed by atoms with E-state index in [0.717, 1.165) is 39.0 Å². The molecule has 0 spiro atoms. The molecular weight excluding hydrogens is 216 g/mol. The zero-order chi connectivity index (χ0) is 12.7. The van der Waals surface area contributed by atoms with Gasteiger partial charge in [0.1, 0.15) is 0 Å². The molecule has 100 valence electrons. The Morgan fingerprint density at radius 3 is 2.88 bits per heavy atom. The van der Waals surface area contributed by atoms with Crippen molar-refractivity contribution in [3.05, 3.63) is 0 Å². The van der Waals surface area contributed by atoms with E-state index in [4.69, 9.17) is 10.5 Å². The van der Waals surface area contributed by atoms with E-state index in [2.05, 4.69) is 6.92 Å². The molecule has 2 N–H and O–H groups in total. The van der Waals surface area contributed by atoms with Crippen molar-refractivity contribution >= 4 is 5.91 Å². The van der Waals surface area contributed by atoms with Gasteiger partial charge in [-0.05, 0) is 38.6 Å². The van der Waals surface area contributed by atoms with Gasteiger partial charge in [0.25, 0.3) is 0 Å². The molecular formula is C13H26N2O2. The Kier molecular flexibility index (Phi) is 6.52. The van der Waals surface area contributed by atoms with Crippen LogP contribution in [0.15, 0.2) is 0 Å². The molecule has 1 amide bonds. The SMILES string of the molecule is CCN(CC(C)CN)C(=O)CCC1CCCO1. The Morgan fingerprint density at radius 1 is 1.59 bits per heavy atom. The second kappa shape index (κ2) is 7.67. The third kappa shape index (κ3) is 5.04. The number of nitrogens with two attached hydrogens (primary N) is 1. The molecule has 2 atom stereocenters. The highest BCUT2D eigenvalue weighted by molar-refractivity contribution is 5.76. The van der Waals surface area contributed by atoms with E-state index in [0.29, 0.717) is 25.0 Å². The van der Waals surface area contributed by atoms with Crippen molar-refractivity contribution < 1.29 is 9.53 Å². The maximum absolute atomic E-state index is 12.0. The molecule has 2 unspecified atom stereocenters. The molecule has 1 aliphatic heterocycles. The van der Waals surface area contributed by atoms with Gasteiger partial charge in [0.15, 0.2) is 0 Å². The normalized spacial score (nSPS) is 21.5. The summed E-state index contributed by atoms with van der Waals surface area (Å²) in [6.45, 7) is 7.14. The van der Waals surface area contributed by atoms with E-state index in [9.17, 15) is 4.79 Å². The summed E-state index contributed by atoms with van der Waals surface area (Å²) < 4.78 is 5.53. The van der Waals surface area contributed by atoms with Crippen molar-refractivity contribution in [1.29, 1.82) is 0 Å². The van der Waals surface area contributed by atoms with E-state index in [1.165, 1.54) is 0 Å². The molecule has 1 fully saturated rings. The summed E-state index contributed by atoms with van der Waals surface area (Å²) in [4.78, 5) is 13.9. The molecule has 1 aliphatic rings. The van der Waals surface area contributed by atoms with Crippen LogP contribution in [0.5, 0.6) is 0 Å². The van der Waals surface area contributed by atoms with Gasteiger partial charge < -0.3 is 15.4 Å². The number of hydrogen-bond donors (Lipinski definition) is 1. The second-order valence-electron chi connectivity index (χ2n) is 4.95. The number of nitrogens with zero attached hydrogens (tertiary/aromatic N) is 1. The van der Waals surface area contributed by atoms with Gasteiger partial charge in [-0.15, -0.1) is 0 Å². The lowest BCUT2D eigenvalue weighted by molar-refractivity contribution is -0.132. The van der Waals surface area contributed by atoms with Crippen LogP contribution in [-0.4, -0.2) is 43.2 Å². The van der Waals surface area contributed by atoms with E-state index in [-0.39, 0.29) is 5.91 Å². The highest BCUT2D eigenvalue weighted by atomic mass is 16.5. The van der Waals surface area contributed by atoms with Gasteiger partial charge in [-0.25, -0.2) is 0 Å². The van der Waals surface area contributed by atoms with Crippen LogP contribution in [0, 0.1) is 5.92 Å². The minimum atomic E-state index is 0.239. The van der Waals surface area contributed by atoms with Gasteiger partial charge in [-0.2, -0.15) is 0 Å². The minimum Gasteiger partial charge on any atom is -0.378 e. The molecule has 4 heteroatoms. The van der Waals surface area contributed by atoms with Crippen LogP contribution in [0.4, 0.5) is 0 Å². The fourth-order valence-corrected chi connectivity index (χ4v) is 2.17. The molecule has 1 saturated heterocycles. The highest BCUT2D eigenvalue weighted by Crippen LogP contribution is 2.17. The average Bonchev–Trinajstić information content (AvgIpc) is 2.85. The van der Waals surface area contributed by atoms with Crippen LogP contribution < -0.4 is 5.73 Å². The molecule has 0 saturated carbocycles. The first-order valence-electron chi connectivity index (χ1n) is 6.76. The summed E-state index contributed by atoms with van der Waals surface area (Å²) in [7, 11) is 0. The number of hydrogen-bond acceptors (Lipinski definition) is 3. The van der Waals surface area contributed by atoms with Gasteiger partial charge in [-0.1, -0.05) is 6.92 Å². The Bertz CT molecular complexity index is 227. The fourth-order valence-electron chi connectivity index (χ4n) is 2.17. The van der Waals surface area contributed by atoms with Crippen molar-refractivity contribution in [2.75, 3.05) is 26.2 Å². The van der Waals surface area contributed by atoms with Crippen LogP contribution in [0.25, 0.3) is 0 Å². The van der Waals surface area contributed by atoms with Gasteiger partial charge in [0.05, 0.1) is 6.10 Å². The van der Waals surface area contributed by atoms with Crippen LogP contribution in [0.3, 0.4) is 0 Å². The zero-order valence-corrected chi connectivity index (χ0v) is 11.2. The molecule has 1 heterocycles. The number of ether oxygens (including phenoxy) is 1. The largest absolute Gasteiger partial charge is 0.378 e. The summed E-state index contributed by atoms with van der Waals surface area (Å²) in [5, 5.41) is 0. The summed E-state index contributed by atoms with van der Waals surface area (Å²) >= 11 is 0. The van der Waals surface area contributed by atoms with E-state index >= 15 is 0 Å². The van der Waals surface area contributed by atoms with Crippen molar-refractivity contribution in [3.8, 4) is 0 Å². The van der Waals surface area contributed by atoms with Crippen molar-refractivity contribution in [2.45, 2.75) is 45.6 Å². The van der Waals surface area contributed by atoms with Crippen molar-refractivity contribution in [3.63, 3.8) is 0 Å². The van der Waals surface area contributed by atoms with E-state index in [1.54, 1.807) is 0 Å². The van der Waals surface area contributed by atoms with Crippen LogP contribution in [-0.2, 0) is 9.53 Å². The van der Waals surface area contributed by atoms with Gasteiger partial charge in [-0.3, -0.25) is 4.79 Å². The summed E-state index contributed by atoms with van der Waals surface area (Å²) in [6.07, 6.45) is 4.03. The van der Waals surface area contributed by atoms with Crippen LogP contribution >= 0.6 is 0 Å². The zero-order valence-electron chi connectivity index (χ0n) is 11.2. The average molecular weight is 242 g/mol. The lowest BCUT2D eigenvalue weighted by Gasteiger charge is -2.24. The molecule has 0 bridgehead atoms. The minimum absolute atomic E-state index is 0.239. The molecule has 0 aromatic heterocycles. The maximum Gasteiger partial charge on any atom is 0.222 e. The molecule has 0 aromatic rings. The lowest BCUT2D eigenvalue weighted by Crippen LogP contribution is -2.36. The standard InChI is InChI=1S/C13H26N2O2/c1-3-15(10-11(2)9-14)13(16)7-6-12-5-4-8-17-12/h11-12H,3-10,14H2,1-2H3. The third-order valence-corrected chi connectivity index (χ3v) is 3.37. The molecule has 1 rings (SSSR count). The van der Waals surface area contributed by atoms with Gasteiger partial charge >= 0.3 is 0 Å². The number of carbonyl (C=O) groups excluding carboxylic acids is 1. The van der Waals surface area contributed by atoms with Gasteiger partial charge in [0, 0.05) is 26.1 Å². The Morgan fingerprint density at radius 2 is 2.35 bits per heavy atom. The Hall–Kier alpha value is -0.610. The number of rotatable bonds is 7. The number of carbonyl (C=O) groups is 1. The Labute approximate surface area is 104 Å². The first-order valence-corrected chi connectivity index (χ1v) is 6.76. The quantitative estimate of drug-likeness (QED) is 0.734. The maximum atomic E-state index is 12.0. The predicted molar refractivity (Wildman–Crippen MR) is 68.7 cm³/mol. The summed E-state index contributed by atoms with van der Waals surface area (Å²) in [5.41, 5.74) is 5.59. The molecule has 17 heavy (non-hydrogen) atoms. The third-order valence-electron chi connectivity index (χ3n) is 3.37. The Balaban J connectivity index is 2.27. The summed E-state index contributed by atoms with van der Waals surface area (Å²) in [5.74, 6) is 0.616. The van der Waals surface area contributed by atoms with Crippen LogP contribution in [0.2, 0.25) is 0 Å².